The fraction of sp³-hybridized carbons (Fsp3) is 0.500. The lowest BCUT2D eigenvalue weighted by Gasteiger charge is -2.22. The average molecular weight is 292 g/mol. The SMILES string of the molecule is CCCCCN(CCO)C(=O)c1ccc(NC(C)=O)cc1. The minimum absolute atomic E-state index is 0.0398. The second-order valence-electron chi connectivity index (χ2n) is 4.98. The Morgan fingerprint density at radius 3 is 2.33 bits per heavy atom. The number of hydrogen-bond acceptors (Lipinski definition) is 3. The first-order valence-electron chi connectivity index (χ1n) is 7.36. The molecule has 0 radical (unpaired) electrons. The normalized spacial score (nSPS) is 10.2. The van der Waals surface area contributed by atoms with Crippen molar-refractivity contribution in [3.63, 3.8) is 0 Å². The highest BCUT2D eigenvalue weighted by Crippen LogP contribution is 2.12. The number of anilines is 1. The minimum atomic E-state index is -0.143. The number of aliphatic hydroxyl groups is 1. The van der Waals surface area contributed by atoms with Gasteiger partial charge in [-0.15, -0.1) is 0 Å². The molecule has 5 nitrogen and oxygen atoms in total. The molecule has 0 bridgehead atoms. The Hall–Kier alpha value is -1.88. The minimum Gasteiger partial charge on any atom is -0.395 e. The third kappa shape index (κ3) is 5.95. The van der Waals surface area contributed by atoms with Gasteiger partial charge in [0.2, 0.25) is 5.91 Å². The zero-order chi connectivity index (χ0) is 15.7. The van der Waals surface area contributed by atoms with Crippen LogP contribution in [0.15, 0.2) is 24.3 Å². The van der Waals surface area contributed by atoms with Gasteiger partial charge in [0.25, 0.3) is 5.91 Å². The van der Waals surface area contributed by atoms with Gasteiger partial charge in [-0.1, -0.05) is 19.8 Å². The van der Waals surface area contributed by atoms with Crippen LogP contribution in [-0.2, 0) is 4.79 Å². The third-order valence-electron chi connectivity index (χ3n) is 3.14. The molecule has 5 heteroatoms. The smallest absolute Gasteiger partial charge is 0.253 e. The van der Waals surface area contributed by atoms with Gasteiger partial charge in [0.1, 0.15) is 0 Å². The summed E-state index contributed by atoms with van der Waals surface area (Å²) < 4.78 is 0. The summed E-state index contributed by atoms with van der Waals surface area (Å²) in [7, 11) is 0. The highest BCUT2D eigenvalue weighted by atomic mass is 16.3. The molecule has 0 heterocycles. The maximum Gasteiger partial charge on any atom is 0.253 e. The molecular formula is C16H24N2O3. The number of carbonyl (C=O) groups excluding carboxylic acids is 2. The molecule has 0 fully saturated rings. The molecule has 1 aromatic rings. The van der Waals surface area contributed by atoms with Crippen molar-refractivity contribution in [1.82, 2.24) is 4.90 Å². The molecule has 1 aromatic carbocycles. The average Bonchev–Trinajstić information content (AvgIpc) is 2.46. The van der Waals surface area contributed by atoms with Crippen molar-refractivity contribution in [3.8, 4) is 0 Å². The summed E-state index contributed by atoms with van der Waals surface area (Å²) in [5.41, 5.74) is 1.23. The van der Waals surface area contributed by atoms with Crippen LogP contribution < -0.4 is 5.32 Å². The molecule has 0 saturated carbocycles. The molecule has 0 aliphatic rings. The molecule has 1 rings (SSSR count). The second kappa shape index (κ2) is 9.13. The molecule has 0 atom stereocenters. The van der Waals surface area contributed by atoms with Crippen LogP contribution in [0.2, 0.25) is 0 Å². The molecule has 0 saturated heterocycles. The number of benzene rings is 1. The van der Waals surface area contributed by atoms with E-state index in [4.69, 9.17) is 5.11 Å². The highest BCUT2D eigenvalue weighted by molar-refractivity contribution is 5.95. The molecule has 0 aliphatic carbocycles. The van der Waals surface area contributed by atoms with Crippen LogP contribution in [0.25, 0.3) is 0 Å². The first-order valence-corrected chi connectivity index (χ1v) is 7.36. The summed E-state index contributed by atoms with van der Waals surface area (Å²) in [6, 6.07) is 6.80. The molecule has 0 spiro atoms. The van der Waals surface area contributed by atoms with Crippen LogP contribution in [-0.4, -0.2) is 41.5 Å². The Balaban J connectivity index is 2.71. The number of nitrogens with one attached hydrogen (secondary N) is 1. The molecular weight excluding hydrogens is 268 g/mol. The Bertz CT molecular complexity index is 457. The summed E-state index contributed by atoms with van der Waals surface area (Å²) in [5, 5.41) is 11.8. The van der Waals surface area contributed by atoms with Crippen molar-refractivity contribution in [1.29, 1.82) is 0 Å². The van der Waals surface area contributed by atoms with Gasteiger partial charge in [-0.2, -0.15) is 0 Å². The van der Waals surface area contributed by atoms with Crippen molar-refractivity contribution < 1.29 is 14.7 Å². The Morgan fingerprint density at radius 1 is 1.14 bits per heavy atom. The van der Waals surface area contributed by atoms with E-state index in [1.54, 1.807) is 29.2 Å². The van der Waals surface area contributed by atoms with Gasteiger partial charge in [0.05, 0.1) is 6.61 Å². The van der Waals surface area contributed by atoms with Crippen molar-refractivity contribution in [2.45, 2.75) is 33.1 Å². The lowest BCUT2D eigenvalue weighted by Crippen LogP contribution is -2.34. The topological polar surface area (TPSA) is 69.6 Å². The number of amides is 2. The van der Waals surface area contributed by atoms with Crippen molar-refractivity contribution in [2.24, 2.45) is 0 Å². The standard InChI is InChI=1S/C16H24N2O3/c1-3-4-5-10-18(11-12-19)16(21)14-6-8-15(9-7-14)17-13(2)20/h6-9,19H,3-5,10-12H2,1-2H3,(H,17,20). The summed E-state index contributed by atoms with van der Waals surface area (Å²) in [4.78, 5) is 25.0. The van der Waals surface area contributed by atoms with E-state index in [1.165, 1.54) is 6.92 Å². The maximum atomic E-state index is 12.4. The van der Waals surface area contributed by atoms with E-state index < -0.39 is 0 Å². The quantitative estimate of drug-likeness (QED) is 0.722. The van der Waals surface area contributed by atoms with Crippen molar-refractivity contribution in [2.75, 3.05) is 25.0 Å². The van der Waals surface area contributed by atoms with Crippen LogP contribution in [0.4, 0.5) is 5.69 Å². The van der Waals surface area contributed by atoms with Crippen molar-refractivity contribution in [3.05, 3.63) is 29.8 Å². The fourth-order valence-electron chi connectivity index (χ4n) is 2.07. The first kappa shape index (κ1) is 17.2. The molecule has 0 aromatic heterocycles. The molecule has 21 heavy (non-hydrogen) atoms. The molecule has 2 N–H and O–H groups in total. The second-order valence-corrected chi connectivity index (χ2v) is 4.98. The fourth-order valence-corrected chi connectivity index (χ4v) is 2.07. The number of carbonyl (C=O) groups is 2. The Kier molecular flexibility index (Phi) is 7.46. The largest absolute Gasteiger partial charge is 0.395 e. The number of hydrogen-bond donors (Lipinski definition) is 2. The van der Waals surface area contributed by atoms with Crippen LogP contribution in [0, 0.1) is 0 Å². The lowest BCUT2D eigenvalue weighted by atomic mass is 10.1. The number of unbranched alkanes of at least 4 members (excludes halogenated alkanes) is 2. The van der Waals surface area contributed by atoms with Crippen LogP contribution in [0.5, 0.6) is 0 Å². The van der Waals surface area contributed by atoms with Gasteiger partial charge in [-0.3, -0.25) is 9.59 Å². The highest BCUT2D eigenvalue weighted by Gasteiger charge is 2.14. The van der Waals surface area contributed by atoms with Gasteiger partial charge in [0, 0.05) is 31.3 Å². The van der Waals surface area contributed by atoms with Crippen LogP contribution >= 0.6 is 0 Å². The number of rotatable bonds is 8. The van der Waals surface area contributed by atoms with Crippen LogP contribution in [0.3, 0.4) is 0 Å². The maximum absolute atomic E-state index is 12.4. The van der Waals surface area contributed by atoms with E-state index in [1.807, 2.05) is 0 Å². The van der Waals surface area contributed by atoms with Gasteiger partial charge >= 0.3 is 0 Å². The Morgan fingerprint density at radius 2 is 1.81 bits per heavy atom. The van der Waals surface area contributed by atoms with Gasteiger partial charge in [-0.25, -0.2) is 0 Å². The molecule has 116 valence electrons. The molecule has 0 unspecified atom stereocenters. The van der Waals surface area contributed by atoms with Gasteiger partial charge in [-0.05, 0) is 30.7 Å². The summed E-state index contributed by atoms with van der Waals surface area (Å²) >= 11 is 0. The zero-order valence-corrected chi connectivity index (χ0v) is 12.8. The predicted molar refractivity (Wildman–Crippen MR) is 83.3 cm³/mol. The summed E-state index contributed by atoms with van der Waals surface area (Å²) in [6.07, 6.45) is 3.09. The first-order chi connectivity index (χ1) is 10.1. The van der Waals surface area contributed by atoms with E-state index in [-0.39, 0.29) is 18.4 Å². The molecule has 2 amide bonds. The summed E-state index contributed by atoms with van der Waals surface area (Å²) in [5.74, 6) is -0.231. The van der Waals surface area contributed by atoms with E-state index in [0.29, 0.717) is 24.3 Å². The number of aliphatic hydroxyl groups excluding tert-OH is 1. The zero-order valence-electron chi connectivity index (χ0n) is 12.8. The van der Waals surface area contributed by atoms with Gasteiger partial charge in [0.15, 0.2) is 0 Å². The summed E-state index contributed by atoms with van der Waals surface area (Å²) in [6.45, 7) is 4.51. The van der Waals surface area contributed by atoms with E-state index >= 15 is 0 Å². The molecule has 0 aliphatic heterocycles. The monoisotopic (exact) mass is 292 g/mol. The third-order valence-corrected chi connectivity index (χ3v) is 3.14. The van der Waals surface area contributed by atoms with E-state index in [2.05, 4.69) is 12.2 Å². The Labute approximate surface area is 126 Å². The van der Waals surface area contributed by atoms with Crippen LogP contribution in [0.1, 0.15) is 43.5 Å². The lowest BCUT2D eigenvalue weighted by molar-refractivity contribution is -0.114. The van der Waals surface area contributed by atoms with E-state index in [9.17, 15) is 9.59 Å². The van der Waals surface area contributed by atoms with Gasteiger partial charge < -0.3 is 15.3 Å². The van der Waals surface area contributed by atoms with E-state index in [0.717, 1.165) is 19.3 Å². The predicted octanol–water partition coefficient (Wildman–Crippen LogP) is 2.27. The van der Waals surface area contributed by atoms with Crippen molar-refractivity contribution >= 4 is 17.5 Å². The number of nitrogens with zero attached hydrogens (tertiary/aromatic N) is 1.